The summed E-state index contributed by atoms with van der Waals surface area (Å²) in [6, 6.07) is 12.3. The largest absolute Gasteiger partial charge is 0.378 e. The summed E-state index contributed by atoms with van der Waals surface area (Å²) in [5, 5.41) is 4.19. The monoisotopic (exact) mass is 295 g/mol. The van der Waals surface area contributed by atoms with E-state index in [1.807, 2.05) is 18.3 Å². The molecule has 0 radical (unpaired) electrons. The standard InChI is InChI=1S/C16H17N5O/c17-16-18-15(14-5-2-6-21(14)19-16)12-3-1-4-13(11-12)20-7-9-22-10-8-20/h1-6,11H,7-10H2,(H2,17,19). The van der Waals surface area contributed by atoms with Crippen LogP contribution in [0.1, 0.15) is 0 Å². The zero-order valence-electron chi connectivity index (χ0n) is 12.1. The molecule has 1 saturated heterocycles. The first kappa shape index (κ1) is 13.1. The molecule has 0 saturated carbocycles. The predicted molar refractivity (Wildman–Crippen MR) is 85.9 cm³/mol. The van der Waals surface area contributed by atoms with E-state index in [0.29, 0.717) is 0 Å². The SMILES string of the molecule is Nc1nc(-c2cccc(N3CCOCC3)c2)c2cccn2n1. The van der Waals surface area contributed by atoms with Crippen LogP contribution >= 0.6 is 0 Å². The number of aromatic nitrogens is 3. The van der Waals surface area contributed by atoms with E-state index in [4.69, 9.17) is 10.5 Å². The molecule has 2 aromatic heterocycles. The van der Waals surface area contributed by atoms with Crippen LogP contribution in [0.5, 0.6) is 0 Å². The number of hydrogen-bond acceptors (Lipinski definition) is 5. The quantitative estimate of drug-likeness (QED) is 0.781. The number of hydrogen-bond donors (Lipinski definition) is 1. The molecule has 2 N–H and O–H groups in total. The van der Waals surface area contributed by atoms with Crippen molar-refractivity contribution < 1.29 is 4.74 Å². The van der Waals surface area contributed by atoms with Crippen LogP contribution in [-0.4, -0.2) is 40.9 Å². The fourth-order valence-electron chi connectivity index (χ4n) is 2.84. The van der Waals surface area contributed by atoms with E-state index in [-0.39, 0.29) is 5.95 Å². The van der Waals surface area contributed by atoms with Gasteiger partial charge < -0.3 is 15.4 Å². The molecule has 3 heterocycles. The van der Waals surface area contributed by atoms with Gasteiger partial charge in [0.25, 0.3) is 0 Å². The molecule has 1 fully saturated rings. The maximum absolute atomic E-state index is 5.83. The van der Waals surface area contributed by atoms with E-state index >= 15 is 0 Å². The normalized spacial score (nSPS) is 15.4. The molecule has 3 aromatic rings. The molecule has 6 nitrogen and oxygen atoms in total. The summed E-state index contributed by atoms with van der Waals surface area (Å²) < 4.78 is 7.18. The summed E-state index contributed by atoms with van der Waals surface area (Å²) in [5.74, 6) is 0.274. The smallest absolute Gasteiger partial charge is 0.238 e. The van der Waals surface area contributed by atoms with Crippen LogP contribution in [-0.2, 0) is 4.74 Å². The maximum Gasteiger partial charge on any atom is 0.238 e. The fraction of sp³-hybridized carbons (Fsp3) is 0.250. The van der Waals surface area contributed by atoms with Crippen molar-refractivity contribution >= 4 is 17.2 Å². The van der Waals surface area contributed by atoms with Crippen LogP contribution in [0.4, 0.5) is 11.6 Å². The Hall–Kier alpha value is -2.60. The number of morpholine rings is 1. The van der Waals surface area contributed by atoms with Crippen molar-refractivity contribution in [3.8, 4) is 11.3 Å². The topological polar surface area (TPSA) is 68.7 Å². The van der Waals surface area contributed by atoms with Crippen LogP contribution in [0.25, 0.3) is 16.8 Å². The summed E-state index contributed by atoms with van der Waals surface area (Å²) in [6.45, 7) is 3.37. The van der Waals surface area contributed by atoms with Gasteiger partial charge >= 0.3 is 0 Å². The van der Waals surface area contributed by atoms with Gasteiger partial charge in [-0.15, -0.1) is 5.10 Å². The summed E-state index contributed by atoms with van der Waals surface area (Å²) >= 11 is 0. The average molecular weight is 295 g/mol. The number of rotatable bonds is 2. The highest BCUT2D eigenvalue weighted by Crippen LogP contribution is 2.27. The molecule has 1 aromatic carbocycles. The van der Waals surface area contributed by atoms with Crippen molar-refractivity contribution in [1.82, 2.24) is 14.6 Å². The molecule has 22 heavy (non-hydrogen) atoms. The molecule has 4 rings (SSSR count). The number of nitrogens with zero attached hydrogens (tertiary/aromatic N) is 4. The van der Waals surface area contributed by atoms with Crippen LogP contribution in [0.2, 0.25) is 0 Å². The third-order valence-corrected chi connectivity index (χ3v) is 3.90. The molecule has 0 amide bonds. The number of fused-ring (bicyclic) bond motifs is 1. The van der Waals surface area contributed by atoms with Crippen molar-refractivity contribution in [2.75, 3.05) is 36.9 Å². The van der Waals surface area contributed by atoms with Gasteiger partial charge in [-0.25, -0.2) is 9.50 Å². The van der Waals surface area contributed by atoms with Crippen molar-refractivity contribution in [2.45, 2.75) is 0 Å². The highest BCUT2D eigenvalue weighted by molar-refractivity contribution is 5.79. The first-order valence-electron chi connectivity index (χ1n) is 7.35. The van der Waals surface area contributed by atoms with Gasteiger partial charge in [0.15, 0.2) is 0 Å². The highest BCUT2D eigenvalue weighted by Gasteiger charge is 2.14. The van der Waals surface area contributed by atoms with Crippen molar-refractivity contribution in [3.05, 3.63) is 42.6 Å². The third kappa shape index (κ3) is 2.27. The van der Waals surface area contributed by atoms with Crippen LogP contribution in [0, 0.1) is 0 Å². The van der Waals surface area contributed by atoms with Gasteiger partial charge in [0.1, 0.15) is 5.69 Å². The lowest BCUT2D eigenvalue weighted by Gasteiger charge is -2.29. The number of ether oxygens (including phenoxy) is 1. The van der Waals surface area contributed by atoms with E-state index < -0.39 is 0 Å². The number of nitrogens with two attached hydrogens (primary N) is 1. The van der Waals surface area contributed by atoms with Crippen molar-refractivity contribution in [1.29, 1.82) is 0 Å². The lowest BCUT2D eigenvalue weighted by atomic mass is 10.1. The maximum atomic E-state index is 5.83. The molecule has 112 valence electrons. The molecule has 0 aliphatic carbocycles. The second kappa shape index (κ2) is 5.31. The van der Waals surface area contributed by atoms with Crippen molar-refractivity contribution in [3.63, 3.8) is 0 Å². The molecule has 0 bridgehead atoms. The molecule has 1 aliphatic heterocycles. The summed E-state index contributed by atoms with van der Waals surface area (Å²) in [4.78, 5) is 6.76. The van der Waals surface area contributed by atoms with Gasteiger partial charge in [0, 0.05) is 30.5 Å². The number of benzene rings is 1. The Kier molecular flexibility index (Phi) is 3.16. The Morgan fingerprint density at radius 2 is 1.95 bits per heavy atom. The molecular formula is C16H17N5O. The first-order valence-corrected chi connectivity index (χ1v) is 7.35. The molecule has 6 heteroatoms. The zero-order valence-corrected chi connectivity index (χ0v) is 12.1. The Morgan fingerprint density at radius 1 is 1.09 bits per heavy atom. The average Bonchev–Trinajstić information content (AvgIpc) is 3.03. The van der Waals surface area contributed by atoms with Crippen LogP contribution in [0.3, 0.4) is 0 Å². The number of nitrogen functional groups attached to an aromatic ring is 1. The van der Waals surface area contributed by atoms with Gasteiger partial charge in [-0.05, 0) is 24.3 Å². The predicted octanol–water partition coefficient (Wildman–Crippen LogP) is 1.82. The lowest BCUT2D eigenvalue weighted by molar-refractivity contribution is 0.122. The van der Waals surface area contributed by atoms with Gasteiger partial charge in [0.05, 0.1) is 18.7 Å². The molecule has 0 atom stereocenters. The van der Waals surface area contributed by atoms with Gasteiger partial charge in [-0.3, -0.25) is 0 Å². The Labute approximate surface area is 128 Å². The van der Waals surface area contributed by atoms with Gasteiger partial charge in [0.2, 0.25) is 5.95 Å². The Balaban J connectivity index is 1.79. The zero-order chi connectivity index (χ0) is 14.9. The minimum absolute atomic E-state index is 0.274. The summed E-state index contributed by atoms with van der Waals surface area (Å²) in [7, 11) is 0. The van der Waals surface area contributed by atoms with E-state index in [1.54, 1.807) is 4.52 Å². The van der Waals surface area contributed by atoms with E-state index in [9.17, 15) is 0 Å². The Morgan fingerprint density at radius 3 is 2.82 bits per heavy atom. The molecule has 1 aliphatic rings. The van der Waals surface area contributed by atoms with Gasteiger partial charge in [-0.1, -0.05) is 12.1 Å². The van der Waals surface area contributed by atoms with Gasteiger partial charge in [-0.2, -0.15) is 0 Å². The highest BCUT2D eigenvalue weighted by atomic mass is 16.5. The summed E-state index contributed by atoms with van der Waals surface area (Å²) in [5.41, 5.74) is 9.86. The molecular weight excluding hydrogens is 278 g/mol. The third-order valence-electron chi connectivity index (χ3n) is 3.90. The lowest BCUT2D eigenvalue weighted by Crippen LogP contribution is -2.36. The molecule has 0 spiro atoms. The van der Waals surface area contributed by atoms with E-state index in [1.165, 1.54) is 5.69 Å². The van der Waals surface area contributed by atoms with Crippen LogP contribution in [0.15, 0.2) is 42.6 Å². The fourth-order valence-corrected chi connectivity index (χ4v) is 2.84. The minimum atomic E-state index is 0.274. The number of anilines is 2. The summed E-state index contributed by atoms with van der Waals surface area (Å²) in [6.07, 6.45) is 1.88. The van der Waals surface area contributed by atoms with E-state index in [2.05, 4.69) is 39.2 Å². The van der Waals surface area contributed by atoms with E-state index in [0.717, 1.165) is 43.1 Å². The first-order chi connectivity index (χ1) is 10.8. The Bertz CT molecular complexity index is 807. The second-order valence-electron chi connectivity index (χ2n) is 5.31. The van der Waals surface area contributed by atoms with Crippen LogP contribution < -0.4 is 10.6 Å². The second-order valence-corrected chi connectivity index (χ2v) is 5.31. The minimum Gasteiger partial charge on any atom is -0.378 e. The molecule has 0 unspecified atom stereocenters. The van der Waals surface area contributed by atoms with Crippen molar-refractivity contribution in [2.24, 2.45) is 0 Å².